The minimum absolute atomic E-state index is 0.116. The first-order valence-electron chi connectivity index (χ1n) is 5.13. The molecule has 0 aliphatic carbocycles. The highest BCUT2D eigenvalue weighted by atomic mass is 32.1. The van der Waals surface area contributed by atoms with E-state index in [-0.39, 0.29) is 5.78 Å². The molecule has 3 nitrogen and oxygen atoms in total. The summed E-state index contributed by atoms with van der Waals surface area (Å²) in [6, 6.07) is 9.33. The lowest BCUT2D eigenvalue weighted by molar-refractivity contribution is -0.116. The highest BCUT2D eigenvalue weighted by molar-refractivity contribution is 7.10. The number of nitriles is 1. The van der Waals surface area contributed by atoms with E-state index >= 15 is 0 Å². The molecule has 0 atom stereocenters. The number of carbonyl (C=O) groups excluding carboxylic acids is 1. The van der Waals surface area contributed by atoms with E-state index in [2.05, 4.69) is 11.1 Å². The van der Waals surface area contributed by atoms with Crippen LogP contribution in [0.2, 0.25) is 0 Å². The number of nitrogens with zero attached hydrogens (tertiary/aromatic N) is 2. The van der Waals surface area contributed by atoms with Crippen molar-refractivity contribution in [3.05, 3.63) is 40.2 Å². The van der Waals surface area contributed by atoms with Crippen molar-refractivity contribution >= 4 is 17.1 Å². The number of ketones is 1. The normalized spacial score (nSPS) is 9.88. The van der Waals surface area contributed by atoms with Crippen LogP contribution in [0.1, 0.15) is 17.5 Å². The Hall–Kier alpha value is -1.99. The first-order valence-corrected chi connectivity index (χ1v) is 6.01. The molecule has 1 aromatic carbocycles. The standard InChI is InChI=1S/C13H10N2OS/c1-9(16)6-13-15-12(8-17-13)11-4-2-10(7-14)3-5-11/h2-5,8H,6H2,1H3. The molecule has 0 aliphatic rings. The van der Waals surface area contributed by atoms with Gasteiger partial charge in [0, 0.05) is 10.9 Å². The predicted molar refractivity (Wildman–Crippen MR) is 66.7 cm³/mol. The third-order valence-electron chi connectivity index (χ3n) is 2.26. The molecule has 0 saturated heterocycles. The minimum atomic E-state index is 0.116. The molecule has 0 amide bonds. The van der Waals surface area contributed by atoms with Gasteiger partial charge in [0.25, 0.3) is 0 Å². The number of aromatic nitrogens is 1. The van der Waals surface area contributed by atoms with Gasteiger partial charge in [-0.2, -0.15) is 5.26 Å². The van der Waals surface area contributed by atoms with Crippen molar-refractivity contribution in [1.82, 2.24) is 4.98 Å². The van der Waals surface area contributed by atoms with E-state index in [1.807, 2.05) is 17.5 Å². The van der Waals surface area contributed by atoms with Gasteiger partial charge in [0.1, 0.15) is 10.8 Å². The van der Waals surface area contributed by atoms with Crippen LogP contribution < -0.4 is 0 Å². The summed E-state index contributed by atoms with van der Waals surface area (Å²) in [5.74, 6) is 0.116. The molecule has 1 aromatic heterocycles. The fourth-order valence-electron chi connectivity index (χ4n) is 1.45. The number of thiazole rings is 1. The molecule has 0 N–H and O–H groups in total. The Kier molecular flexibility index (Phi) is 3.31. The molecule has 17 heavy (non-hydrogen) atoms. The number of hydrogen-bond donors (Lipinski definition) is 0. The average Bonchev–Trinajstić information content (AvgIpc) is 2.77. The molecule has 4 heteroatoms. The minimum Gasteiger partial charge on any atom is -0.300 e. The summed E-state index contributed by atoms with van der Waals surface area (Å²) < 4.78 is 0. The van der Waals surface area contributed by atoms with Crippen LogP contribution >= 0.6 is 11.3 Å². The molecular formula is C13H10N2OS. The van der Waals surface area contributed by atoms with Crippen molar-refractivity contribution in [1.29, 1.82) is 5.26 Å². The molecule has 1 heterocycles. The second kappa shape index (κ2) is 4.89. The molecular weight excluding hydrogens is 232 g/mol. The SMILES string of the molecule is CC(=O)Cc1nc(-c2ccc(C#N)cc2)cs1. The highest BCUT2D eigenvalue weighted by Crippen LogP contribution is 2.22. The van der Waals surface area contributed by atoms with Crippen LogP contribution in [-0.2, 0) is 11.2 Å². The van der Waals surface area contributed by atoms with Crippen molar-refractivity contribution in [3.63, 3.8) is 0 Å². The van der Waals surface area contributed by atoms with Gasteiger partial charge in [0.15, 0.2) is 0 Å². The van der Waals surface area contributed by atoms with Gasteiger partial charge >= 0.3 is 0 Å². The summed E-state index contributed by atoms with van der Waals surface area (Å²) in [5.41, 5.74) is 2.46. The maximum Gasteiger partial charge on any atom is 0.136 e. The number of Topliss-reactive ketones (excluding diaryl/α,β-unsaturated/α-hetero) is 1. The molecule has 0 aliphatic heterocycles. The molecule has 2 rings (SSSR count). The molecule has 0 unspecified atom stereocenters. The Bertz CT molecular complexity index is 578. The molecule has 2 aromatic rings. The van der Waals surface area contributed by atoms with Crippen LogP contribution in [0.4, 0.5) is 0 Å². The van der Waals surface area contributed by atoms with Gasteiger partial charge in [-0.1, -0.05) is 12.1 Å². The van der Waals surface area contributed by atoms with Gasteiger partial charge in [0.2, 0.25) is 0 Å². The van der Waals surface area contributed by atoms with Crippen LogP contribution in [0.25, 0.3) is 11.3 Å². The monoisotopic (exact) mass is 242 g/mol. The Balaban J connectivity index is 2.24. The van der Waals surface area contributed by atoms with Crippen LogP contribution in [0, 0.1) is 11.3 Å². The molecule has 0 fully saturated rings. The summed E-state index contributed by atoms with van der Waals surface area (Å²) in [6.45, 7) is 1.56. The summed E-state index contributed by atoms with van der Waals surface area (Å²) in [7, 11) is 0. The van der Waals surface area contributed by atoms with Gasteiger partial charge in [-0.3, -0.25) is 4.79 Å². The van der Waals surface area contributed by atoms with E-state index < -0.39 is 0 Å². The van der Waals surface area contributed by atoms with E-state index in [9.17, 15) is 4.79 Å². The first kappa shape index (κ1) is 11.5. The van der Waals surface area contributed by atoms with Crippen LogP contribution in [0.3, 0.4) is 0 Å². The highest BCUT2D eigenvalue weighted by Gasteiger charge is 2.06. The molecule has 84 valence electrons. The lowest BCUT2D eigenvalue weighted by Crippen LogP contribution is -1.95. The summed E-state index contributed by atoms with van der Waals surface area (Å²) in [6.07, 6.45) is 0.390. The second-order valence-electron chi connectivity index (χ2n) is 3.69. The Morgan fingerprint density at radius 2 is 2.12 bits per heavy atom. The zero-order valence-electron chi connectivity index (χ0n) is 9.30. The van der Waals surface area contributed by atoms with Crippen LogP contribution in [0.15, 0.2) is 29.6 Å². The fraction of sp³-hybridized carbons (Fsp3) is 0.154. The number of rotatable bonds is 3. The van der Waals surface area contributed by atoms with Gasteiger partial charge in [-0.25, -0.2) is 4.98 Å². The zero-order chi connectivity index (χ0) is 12.3. The zero-order valence-corrected chi connectivity index (χ0v) is 10.1. The number of carbonyl (C=O) groups is 1. The third kappa shape index (κ3) is 2.77. The van der Waals surface area contributed by atoms with Gasteiger partial charge < -0.3 is 0 Å². The molecule has 0 bridgehead atoms. The lowest BCUT2D eigenvalue weighted by atomic mass is 10.1. The van der Waals surface area contributed by atoms with Crippen LogP contribution in [-0.4, -0.2) is 10.8 Å². The Labute approximate surface area is 103 Å². The Morgan fingerprint density at radius 1 is 1.41 bits per heavy atom. The van der Waals surface area contributed by atoms with Gasteiger partial charge in [-0.15, -0.1) is 11.3 Å². The topological polar surface area (TPSA) is 53.8 Å². The maximum atomic E-state index is 11.0. The quantitative estimate of drug-likeness (QED) is 0.831. The summed E-state index contributed by atoms with van der Waals surface area (Å²) in [5, 5.41) is 11.5. The molecule has 0 radical (unpaired) electrons. The Morgan fingerprint density at radius 3 is 2.71 bits per heavy atom. The van der Waals surface area contributed by atoms with Crippen LogP contribution in [0.5, 0.6) is 0 Å². The van der Waals surface area contributed by atoms with E-state index in [1.165, 1.54) is 11.3 Å². The summed E-state index contributed by atoms with van der Waals surface area (Å²) >= 11 is 1.49. The van der Waals surface area contributed by atoms with E-state index in [0.717, 1.165) is 16.3 Å². The lowest BCUT2D eigenvalue weighted by Gasteiger charge is -1.95. The van der Waals surface area contributed by atoms with Crippen molar-refractivity contribution in [2.24, 2.45) is 0 Å². The number of hydrogen-bond acceptors (Lipinski definition) is 4. The maximum absolute atomic E-state index is 11.0. The van der Waals surface area contributed by atoms with E-state index in [4.69, 9.17) is 5.26 Å². The van der Waals surface area contributed by atoms with Gasteiger partial charge in [-0.05, 0) is 19.1 Å². The number of benzene rings is 1. The van der Waals surface area contributed by atoms with Crippen molar-refractivity contribution in [3.8, 4) is 17.3 Å². The van der Waals surface area contributed by atoms with Crippen molar-refractivity contribution in [2.45, 2.75) is 13.3 Å². The first-order chi connectivity index (χ1) is 8.19. The second-order valence-corrected chi connectivity index (χ2v) is 4.64. The average molecular weight is 242 g/mol. The van der Waals surface area contributed by atoms with Gasteiger partial charge in [0.05, 0.1) is 23.7 Å². The predicted octanol–water partition coefficient (Wildman–Crippen LogP) is 2.81. The van der Waals surface area contributed by atoms with Crippen molar-refractivity contribution < 1.29 is 4.79 Å². The largest absolute Gasteiger partial charge is 0.300 e. The van der Waals surface area contributed by atoms with Crippen molar-refractivity contribution in [2.75, 3.05) is 0 Å². The van der Waals surface area contributed by atoms with E-state index in [1.54, 1.807) is 19.1 Å². The smallest absolute Gasteiger partial charge is 0.136 e. The molecule has 0 spiro atoms. The fourth-order valence-corrected chi connectivity index (χ4v) is 2.33. The third-order valence-corrected chi connectivity index (χ3v) is 3.11. The summed E-state index contributed by atoms with van der Waals surface area (Å²) in [4.78, 5) is 15.4. The molecule has 0 saturated carbocycles. The van der Waals surface area contributed by atoms with E-state index in [0.29, 0.717) is 12.0 Å².